The second-order valence-corrected chi connectivity index (χ2v) is 5.58. The molecule has 0 aromatic heterocycles. The van der Waals surface area contributed by atoms with Crippen LogP contribution in [0.4, 0.5) is 0 Å². The maximum Gasteiger partial charge on any atom is 0.0111 e. The van der Waals surface area contributed by atoms with Crippen LogP contribution < -0.4 is 5.32 Å². The first-order valence-corrected chi connectivity index (χ1v) is 6.68. The third-order valence-electron chi connectivity index (χ3n) is 4.34. The van der Waals surface area contributed by atoms with E-state index < -0.39 is 0 Å². The molecule has 2 fully saturated rings. The first-order chi connectivity index (χ1) is 7.20. The lowest BCUT2D eigenvalue weighted by Crippen LogP contribution is -2.49. The monoisotopic (exact) mass is 210 g/mol. The van der Waals surface area contributed by atoms with Crippen LogP contribution in [-0.2, 0) is 0 Å². The van der Waals surface area contributed by atoms with E-state index in [9.17, 15) is 0 Å². The van der Waals surface area contributed by atoms with Crippen LogP contribution in [0.1, 0.15) is 52.4 Å². The Kier molecular flexibility index (Phi) is 3.68. The molecule has 3 unspecified atom stereocenters. The van der Waals surface area contributed by atoms with Gasteiger partial charge in [0.2, 0.25) is 0 Å². The molecule has 2 bridgehead atoms. The standard InChI is InChI=1S/C13H26N2/c1-4-5-10(2)14-11-8-12-6-7-13(9-11)15(12)3/h10-14H,4-9H2,1-3H3. The molecule has 0 aromatic carbocycles. The van der Waals surface area contributed by atoms with Gasteiger partial charge in [-0.15, -0.1) is 0 Å². The van der Waals surface area contributed by atoms with Gasteiger partial charge >= 0.3 is 0 Å². The van der Waals surface area contributed by atoms with E-state index in [1.165, 1.54) is 38.5 Å². The highest BCUT2D eigenvalue weighted by atomic mass is 15.2. The van der Waals surface area contributed by atoms with E-state index in [2.05, 4.69) is 31.1 Å². The van der Waals surface area contributed by atoms with E-state index in [4.69, 9.17) is 0 Å². The number of piperidine rings is 1. The summed E-state index contributed by atoms with van der Waals surface area (Å²) in [5.74, 6) is 0. The number of hydrogen-bond donors (Lipinski definition) is 1. The second kappa shape index (κ2) is 4.84. The molecule has 0 saturated carbocycles. The lowest BCUT2D eigenvalue weighted by Gasteiger charge is -2.38. The first kappa shape index (κ1) is 11.4. The SMILES string of the molecule is CCCC(C)NC1CC2CCC(C1)N2C. The van der Waals surface area contributed by atoms with Crippen LogP contribution >= 0.6 is 0 Å². The molecule has 0 radical (unpaired) electrons. The van der Waals surface area contributed by atoms with Crippen molar-refractivity contribution in [1.82, 2.24) is 10.2 Å². The van der Waals surface area contributed by atoms with Gasteiger partial charge in [-0.05, 0) is 46.1 Å². The molecule has 2 nitrogen and oxygen atoms in total. The van der Waals surface area contributed by atoms with Crippen LogP contribution in [0.2, 0.25) is 0 Å². The van der Waals surface area contributed by atoms with Crippen molar-refractivity contribution in [2.45, 2.75) is 76.5 Å². The van der Waals surface area contributed by atoms with Gasteiger partial charge in [0.1, 0.15) is 0 Å². The predicted molar refractivity (Wildman–Crippen MR) is 65.1 cm³/mol. The minimum absolute atomic E-state index is 0.711. The van der Waals surface area contributed by atoms with Crippen LogP contribution in [0, 0.1) is 0 Å². The van der Waals surface area contributed by atoms with Gasteiger partial charge in [0.05, 0.1) is 0 Å². The lowest BCUT2D eigenvalue weighted by molar-refractivity contribution is 0.143. The fourth-order valence-electron chi connectivity index (χ4n) is 3.47. The van der Waals surface area contributed by atoms with Gasteiger partial charge in [-0.3, -0.25) is 0 Å². The van der Waals surface area contributed by atoms with E-state index in [-0.39, 0.29) is 0 Å². The molecule has 2 heteroatoms. The molecule has 2 rings (SSSR count). The van der Waals surface area contributed by atoms with Gasteiger partial charge in [0.25, 0.3) is 0 Å². The summed E-state index contributed by atoms with van der Waals surface area (Å²) < 4.78 is 0. The van der Waals surface area contributed by atoms with Gasteiger partial charge in [0, 0.05) is 24.2 Å². The average molecular weight is 210 g/mol. The van der Waals surface area contributed by atoms with Crippen molar-refractivity contribution < 1.29 is 0 Å². The van der Waals surface area contributed by atoms with Crippen LogP contribution in [0.25, 0.3) is 0 Å². The first-order valence-electron chi connectivity index (χ1n) is 6.68. The molecule has 2 aliphatic heterocycles. The van der Waals surface area contributed by atoms with Gasteiger partial charge in [-0.1, -0.05) is 13.3 Å². The van der Waals surface area contributed by atoms with Crippen molar-refractivity contribution in [3.63, 3.8) is 0 Å². The molecule has 1 N–H and O–H groups in total. The molecule has 2 aliphatic rings. The summed E-state index contributed by atoms with van der Waals surface area (Å²) in [6.07, 6.45) is 8.24. The average Bonchev–Trinajstić information content (AvgIpc) is 2.43. The normalized spacial score (nSPS) is 38.2. The van der Waals surface area contributed by atoms with E-state index >= 15 is 0 Å². The van der Waals surface area contributed by atoms with Gasteiger partial charge in [-0.25, -0.2) is 0 Å². The van der Waals surface area contributed by atoms with Crippen molar-refractivity contribution in [2.75, 3.05) is 7.05 Å². The lowest BCUT2D eigenvalue weighted by atomic mass is 9.97. The summed E-state index contributed by atoms with van der Waals surface area (Å²) in [5, 5.41) is 3.81. The van der Waals surface area contributed by atoms with E-state index in [1.807, 2.05) is 0 Å². The molecule has 88 valence electrons. The Morgan fingerprint density at radius 3 is 2.40 bits per heavy atom. The summed E-state index contributed by atoms with van der Waals surface area (Å²) in [7, 11) is 2.31. The molecule has 0 amide bonds. The van der Waals surface area contributed by atoms with Crippen molar-refractivity contribution in [1.29, 1.82) is 0 Å². The van der Waals surface area contributed by atoms with E-state index in [0.29, 0.717) is 6.04 Å². The van der Waals surface area contributed by atoms with Crippen LogP contribution in [0.5, 0.6) is 0 Å². The van der Waals surface area contributed by atoms with E-state index in [0.717, 1.165) is 18.1 Å². The number of rotatable bonds is 4. The fourth-order valence-corrected chi connectivity index (χ4v) is 3.47. The third-order valence-corrected chi connectivity index (χ3v) is 4.34. The molecular formula is C13H26N2. The minimum atomic E-state index is 0.711. The van der Waals surface area contributed by atoms with Gasteiger partial charge in [-0.2, -0.15) is 0 Å². The number of fused-ring (bicyclic) bond motifs is 2. The Morgan fingerprint density at radius 2 is 1.87 bits per heavy atom. The molecule has 15 heavy (non-hydrogen) atoms. The highest BCUT2D eigenvalue weighted by Crippen LogP contribution is 2.34. The van der Waals surface area contributed by atoms with Crippen LogP contribution in [-0.4, -0.2) is 36.1 Å². The number of nitrogens with zero attached hydrogens (tertiary/aromatic N) is 1. The zero-order chi connectivity index (χ0) is 10.8. The zero-order valence-corrected chi connectivity index (χ0v) is 10.5. The van der Waals surface area contributed by atoms with Gasteiger partial charge in [0.15, 0.2) is 0 Å². The minimum Gasteiger partial charge on any atom is -0.311 e. The number of hydrogen-bond acceptors (Lipinski definition) is 2. The highest BCUT2D eigenvalue weighted by molar-refractivity contribution is 4.96. The molecule has 0 spiro atoms. The van der Waals surface area contributed by atoms with Crippen molar-refractivity contribution >= 4 is 0 Å². The van der Waals surface area contributed by atoms with Crippen molar-refractivity contribution in [2.24, 2.45) is 0 Å². The van der Waals surface area contributed by atoms with Gasteiger partial charge < -0.3 is 10.2 Å². The second-order valence-electron chi connectivity index (χ2n) is 5.58. The zero-order valence-electron chi connectivity index (χ0n) is 10.5. The Hall–Kier alpha value is -0.0800. The Balaban J connectivity index is 1.81. The highest BCUT2D eigenvalue weighted by Gasteiger charge is 2.38. The van der Waals surface area contributed by atoms with Crippen LogP contribution in [0.15, 0.2) is 0 Å². The maximum atomic E-state index is 3.81. The predicted octanol–water partition coefficient (Wildman–Crippen LogP) is 2.39. The fraction of sp³-hybridized carbons (Fsp3) is 1.00. The van der Waals surface area contributed by atoms with Crippen LogP contribution in [0.3, 0.4) is 0 Å². The molecule has 2 heterocycles. The van der Waals surface area contributed by atoms with Crippen molar-refractivity contribution in [3.05, 3.63) is 0 Å². The third kappa shape index (κ3) is 2.54. The smallest absolute Gasteiger partial charge is 0.0111 e. The maximum absolute atomic E-state index is 3.81. The van der Waals surface area contributed by atoms with Crippen molar-refractivity contribution in [3.8, 4) is 0 Å². The summed E-state index contributed by atoms with van der Waals surface area (Å²) in [6.45, 7) is 4.61. The quantitative estimate of drug-likeness (QED) is 0.766. The summed E-state index contributed by atoms with van der Waals surface area (Å²) in [5.41, 5.74) is 0. The molecular weight excluding hydrogens is 184 g/mol. The molecule has 0 aliphatic carbocycles. The van der Waals surface area contributed by atoms with E-state index in [1.54, 1.807) is 0 Å². The molecule has 2 saturated heterocycles. The Labute approximate surface area is 94.4 Å². The summed E-state index contributed by atoms with van der Waals surface area (Å²) in [4.78, 5) is 2.61. The molecule has 0 aromatic rings. The topological polar surface area (TPSA) is 15.3 Å². The summed E-state index contributed by atoms with van der Waals surface area (Å²) in [6, 6.07) is 3.24. The largest absolute Gasteiger partial charge is 0.311 e. The Bertz CT molecular complexity index is 191. The number of nitrogens with one attached hydrogen (secondary N) is 1. The Morgan fingerprint density at radius 1 is 1.27 bits per heavy atom. The molecule has 3 atom stereocenters. The summed E-state index contributed by atoms with van der Waals surface area (Å²) >= 11 is 0.